The molecule has 1 amide bonds. The Morgan fingerprint density at radius 1 is 1.47 bits per heavy atom. The molecule has 106 valence electrons. The Morgan fingerprint density at radius 3 is 2.53 bits per heavy atom. The van der Waals surface area contributed by atoms with Gasteiger partial charge in [0.2, 0.25) is 5.91 Å². The highest BCUT2D eigenvalue weighted by Crippen LogP contribution is 2.34. The van der Waals surface area contributed by atoms with Crippen molar-refractivity contribution in [1.82, 2.24) is 4.37 Å². The molecule has 1 aromatic heterocycles. The molecule has 1 rings (SSSR count). The summed E-state index contributed by atoms with van der Waals surface area (Å²) in [6.45, 7) is 3.70. The van der Waals surface area contributed by atoms with Crippen LogP contribution < -0.4 is 5.32 Å². The Labute approximate surface area is 125 Å². The van der Waals surface area contributed by atoms with Crippen molar-refractivity contribution < 1.29 is 14.3 Å². The van der Waals surface area contributed by atoms with Crippen molar-refractivity contribution in [1.29, 1.82) is 0 Å². The van der Waals surface area contributed by atoms with Crippen LogP contribution in [0.4, 0.5) is 5.00 Å². The SMILES string of the molecule is CCC(C)C(C(=O)Nc1snc(Cl)c1Cl)C(=O)OC. The number of nitrogens with one attached hydrogen (secondary N) is 1. The zero-order valence-corrected chi connectivity index (χ0v) is 13.0. The lowest BCUT2D eigenvalue weighted by Crippen LogP contribution is -2.35. The van der Waals surface area contributed by atoms with E-state index in [0.717, 1.165) is 11.5 Å². The monoisotopic (exact) mass is 324 g/mol. The lowest BCUT2D eigenvalue weighted by Gasteiger charge is -2.19. The smallest absolute Gasteiger partial charge is 0.318 e. The summed E-state index contributed by atoms with van der Waals surface area (Å²) >= 11 is 12.5. The number of ether oxygens (including phenoxy) is 1. The maximum absolute atomic E-state index is 12.1. The first-order valence-corrected chi connectivity index (χ1v) is 7.14. The number of carbonyl (C=O) groups excluding carboxylic acids is 2. The number of esters is 1. The highest BCUT2D eigenvalue weighted by molar-refractivity contribution is 7.11. The number of carbonyl (C=O) groups is 2. The maximum atomic E-state index is 12.1. The van der Waals surface area contributed by atoms with Crippen molar-refractivity contribution >= 4 is 51.6 Å². The quantitative estimate of drug-likeness (QED) is 0.667. The molecule has 1 aromatic rings. The summed E-state index contributed by atoms with van der Waals surface area (Å²) in [6, 6.07) is 0. The lowest BCUT2D eigenvalue weighted by atomic mass is 9.91. The normalized spacial score (nSPS) is 13.7. The second-order valence-electron chi connectivity index (χ2n) is 3.99. The second-order valence-corrected chi connectivity index (χ2v) is 5.50. The zero-order valence-electron chi connectivity index (χ0n) is 10.7. The third-order valence-corrected chi connectivity index (χ3v) is 4.50. The summed E-state index contributed by atoms with van der Waals surface area (Å²) in [6.07, 6.45) is 0.671. The van der Waals surface area contributed by atoms with Gasteiger partial charge in [0, 0.05) is 0 Å². The molecule has 0 saturated heterocycles. The van der Waals surface area contributed by atoms with Crippen LogP contribution in [0.25, 0.3) is 0 Å². The molecule has 0 saturated carbocycles. The third kappa shape index (κ3) is 3.81. The molecule has 0 aliphatic rings. The van der Waals surface area contributed by atoms with Gasteiger partial charge in [-0.25, -0.2) is 0 Å². The van der Waals surface area contributed by atoms with E-state index in [4.69, 9.17) is 23.2 Å². The molecule has 0 aliphatic carbocycles. The van der Waals surface area contributed by atoms with Crippen LogP contribution in [0, 0.1) is 11.8 Å². The van der Waals surface area contributed by atoms with Crippen molar-refractivity contribution in [2.75, 3.05) is 12.4 Å². The van der Waals surface area contributed by atoms with Crippen LogP contribution in [0.3, 0.4) is 0 Å². The molecule has 0 aliphatic heterocycles. The van der Waals surface area contributed by atoms with E-state index in [2.05, 4.69) is 14.4 Å². The van der Waals surface area contributed by atoms with Crippen LogP contribution in [-0.4, -0.2) is 23.4 Å². The molecule has 19 heavy (non-hydrogen) atoms. The minimum absolute atomic E-state index is 0.125. The fourth-order valence-corrected chi connectivity index (χ4v) is 2.57. The van der Waals surface area contributed by atoms with Gasteiger partial charge in [-0.2, -0.15) is 4.37 Å². The van der Waals surface area contributed by atoms with Crippen LogP contribution in [0.5, 0.6) is 0 Å². The van der Waals surface area contributed by atoms with E-state index in [0.29, 0.717) is 11.4 Å². The van der Waals surface area contributed by atoms with Crippen LogP contribution in [0.15, 0.2) is 0 Å². The number of aromatic nitrogens is 1. The van der Waals surface area contributed by atoms with Crippen molar-refractivity contribution in [3.63, 3.8) is 0 Å². The summed E-state index contributed by atoms with van der Waals surface area (Å²) in [5.74, 6) is -2.07. The Bertz CT molecular complexity index is 479. The van der Waals surface area contributed by atoms with Crippen molar-refractivity contribution in [2.24, 2.45) is 11.8 Å². The summed E-state index contributed by atoms with van der Waals surface area (Å²) < 4.78 is 8.46. The molecular formula is C11H14Cl2N2O3S. The molecule has 0 aromatic carbocycles. The number of hydrogen-bond acceptors (Lipinski definition) is 5. The highest BCUT2D eigenvalue weighted by atomic mass is 35.5. The van der Waals surface area contributed by atoms with Crippen molar-refractivity contribution in [3.05, 3.63) is 10.2 Å². The van der Waals surface area contributed by atoms with Crippen LogP contribution in [0.2, 0.25) is 10.2 Å². The van der Waals surface area contributed by atoms with E-state index in [1.54, 1.807) is 0 Å². The minimum atomic E-state index is -0.882. The molecule has 1 N–H and O–H groups in total. The van der Waals surface area contributed by atoms with Gasteiger partial charge in [0.1, 0.15) is 15.9 Å². The Hall–Kier alpha value is -0.850. The first-order valence-electron chi connectivity index (χ1n) is 5.61. The molecule has 2 unspecified atom stereocenters. The number of halogens is 2. The number of rotatable bonds is 5. The van der Waals surface area contributed by atoms with E-state index < -0.39 is 17.8 Å². The molecule has 8 heteroatoms. The summed E-state index contributed by atoms with van der Waals surface area (Å²) in [7, 11) is 1.25. The van der Waals surface area contributed by atoms with E-state index in [1.807, 2.05) is 13.8 Å². The van der Waals surface area contributed by atoms with E-state index in [1.165, 1.54) is 7.11 Å². The lowest BCUT2D eigenvalue weighted by molar-refractivity contribution is -0.150. The Morgan fingerprint density at radius 2 is 2.11 bits per heavy atom. The number of nitrogens with zero attached hydrogens (tertiary/aromatic N) is 1. The van der Waals surface area contributed by atoms with Gasteiger partial charge in [-0.3, -0.25) is 9.59 Å². The predicted molar refractivity (Wildman–Crippen MR) is 75.7 cm³/mol. The average Bonchev–Trinajstić information content (AvgIpc) is 2.70. The Balaban J connectivity index is 2.89. The number of hydrogen-bond donors (Lipinski definition) is 1. The fraction of sp³-hybridized carbons (Fsp3) is 0.545. The minimum Gasteiger partial charge on any atom is -0.468 e. The van der Waals surface area contributed by atoms with Gasteiger partial charge in [0.15, 0.2) is 5.15 Å². The molecule has 1 heterocycles. The van der Waals surface area contributed by atoms with Gasteiger partial charge in [-0.1, -0.05) is 43.5 Å². The van der Waals surface area contributed by atoms with E-state index >= 15 is 0 Å². The van der Waals surface area contributed by atoms with Gasteiger partial charge < -0.3 is 10.1 Å². The van der Waals surface area contributed by atoms with Gasteiger partial charge in [0.05, 0.1) is 7.11 Å². The van der Waals surface area contributed by atoms with Gasteiger partial charge in [0.25, 0.3) is 0 Å². The first kappa shape index (κ1) is 16.2. The van der Waals surface area contributed by atoms with Crippen molar-refractivity contribution in [3.8, 4) is 0 Å². The molecule has 2 atom stereocenters. The number of methoxy groups -OCH3 is 1. The Kier molecular flexibility index (Phi) is 6.03. The van der Waals surface area contributed by atoms with E-state index in [9.17, 15) is 9.59 Å². The standard InChI is InChI=1S/C11H14Cl2N2O3S/c1-4-5(2)6(11(17)18-3)9(16)14-10-7(12)8(13)15-19-10/h5-6H,4H2,1-3H3,(H,14,16). The molecule has 0 radical (unpaired) electrons. The first-order chi connectivity index (χ1) is 8.92. The number of anilines is 1. The summed E-state index contributed by atoms with van der Waals surface area (Å²) in [5.41, 5.74) is 0. The molecule has 0 spiro atoms. The predicted octanol–water partition coefficient (Wildman–Crippen LogP) is 3.22. The van der Waals surface area contributed by atoms with Crippen LogP contribution in [-0.2, 0) is 14.3 Å². The average molecular weight is 325 g/mol. The van der Waals surface area contributed by atoms with Gasteiger partial charge in [-0.05, 0) is 17.5 Å². The van der Waals surface area contributed by atoms with E-state index in [-0.39, 0.29) is 16.1 Å². The van der Waals surface area contributed by atoms with Crippen LogP contribution >= 0.6 is 34.7 Å². The second kappa shape index (κ2) is 7.07. The fourth-order valence-electron chi connectivity index (χ4n) is 1.49. The molecule has 0 fully saturated rings. The number of amides is 1. The molecule has 0 bridgehead atoms. The zero-order chi connectivity index (χ0) is 14.6. The third-order valence-electron chi connectivity index (χ3n) is 2.78. The largest absolute Gasteiger partial charge is 0.468 e. The molecular weight excluding hydrogens is 311 g/mol. The van der Waals surface area contributed by atoms with Crippen molar-refractivity contribution in [2.45, 2.75) is 20.3 Å². The van der Waals surface area contributed by atoms with Gasteiger partial charge in [-0.15, -0.1) is 0 Å². The summed E-state index contributed by atoms with van der Waals surface area (Å²) in [4.78, 5) is 23.8. The maximum Gasteiger partial charge on any atom is 0.318 e. The summed E-state index contributed by atoms with van der Waals surface area (Å²) in [5, 5.41) is 3.19. The van der Waals surface area contributed by atoms with Gasteiger partial charge >= 0.3 is 5.97 Å². The molecule has 5 nitrogen and oxygen atoms in total. The highest BCUT2D eigenvalue weighted by Gasteiger charge is 2.33. The van der Waals surface area contributed by atoms with Crippen LogP contribution in [0.1, 0.15) is 20.3 Å². The topological polar surface area (TPSA) is 68.3 Å².